The molecule has 1 atom stereocenters. The van der Waals surface area contributed by atoms with Crippen LogP contribution in [-0.2, 0) is 4.79 Å². The smallest absolute Gasteiger partial charge is 0.277 e. The molecule has 2 rings (SSSR count). The minimum atomic E-state index is -0.320. The molecule has 0 unspecified atom stereocenters. The van der Waals surface area contributed by atoms with Crippen LogP contribution in [0.25, 0.3) is 0 Å². The fourth-order valence-electron chi connectivity index (χ4n) is 2.25. The molecule has 0 aliphatic carbocycles. The van der Waals surface area contributed by atoms with E-state index < -0.39 is 0 Å². The standard InChI is InChI=1S/C20H23BrN2O3/c1-4-14(2)16-6-8-17(9-7-16)26-13-20(24)23-22-12-15-5-10-19(25-3)18(21)11-15/h5-12,14H,4,13H2,1-3H3,(H,23,24)/b22-12-/t14-/m0/s1. The number of methoxy groups -OCH3 is 1. The van der Waals surface area contributed by atoms with Crippen molar-refractivity contribution in [1.29, 1.82) is 0 Å². The Kier molecular flexibility index (Phi) is 7.66. The number of halogens is 1. The predicted octanol–water partition coefficient (Wildman–Crippen LogP) is 4.50. The van der Waals surface area contributed by atoms with Gasteiger partial charge in [-0.05, 0) is 69.7 Å². The summed E-state index contributed by atoms with van der Waals surface area (Å²) in [5, 5.41) is 3.93. The number of hydrogen-bond acceptors (Lipinski definition) is 4. The van der Waals surface area contributed by atoms with E-state index in [1.807, 2.05) is 42.5 Å². The Morgan fingerprint density at radius 2 is 2.00 bits per heavy atom. The van der Waals surface area contributed by atoms with Gasteiger partial charge in [0.15, 0.2) is 6.61 Å². The summed E-state index contributed by atoms with van der Waals surface area (Å²) in [7, 11) is 1.60. The van der Waals surface area contributed by atoms with Crippen LogP contribution in [0, 0.1) is 0 Å². The molecule has 26 heavy (non-hydrogen) atoms. The van der Waals surface area contributed by atoms with Crippen LogP contribution in [0.5, 0.6) is 11.5 Å². The van der Waals surface area contributed by atoms with E-state index in [2.05, 4.69) is 40.3 Å². The third-order valence-corrected chi connectivity index (χ3v) is 4.63. The molecule has 0 aliphatic heterocycles. The maximum absolute atomic E-state index is 11.8. The summed E-state index contributed by atoms with van der Waals surface area (Å²) < 4.78 is 11.5. The lowest BCUT2D eigenvalue weighted by molar-refractivity contribution is -0.123. The molecule has 0 spiro atoms. The lowest BCUT2D eigenvalue weighted by Gasteiger charge is -2.10. The van der Waals surface area contributed by atoms with Crippen LogP contribution >= 0.6 is 15.9 Å². The monoisotopic (exact) mass is 418 g/mol. The number of rotatable bonds is 8. The van der Waals surface area contributed by atoms with E-state index in [0.29, 0.717) is 11.7 Å². The highest BCUT2D eigenvalue weighted by Gasteiger charge is 2.05. The molecule has 0 radical (unpaired) electrons. The number of carbonyl (C=O) groups is 1. The largest absolute Gasteiger partial charge is 0.496 e. The van der Waals surface area contributed by atoms with E-state index in [1.54, 1.807) is 13.3 Å². The normalized spacial score (nSPS) is 12.0. The van der Waals surface area contributed by atoms with Crippen molar-refractivity contribution in [2.24, 2.45) is 5.10 Å². The van der Waals surface area contributed by atoms with E-state index in [9.17, 15) is 4.79 Å². The van der Waals surface area contributed by atoms with Gasteiger partial charge in [0.1, 0.15) is 11.5 Å². The summed E-state index contributed by atoms with van der Waals surface area (Å²) in [6.07, 6.45) is 2.65. The maximum atomic E-state index is 11.8. The average Bonchev–Trinajstić information content (AvgIpc) is 2.66. The van der Waals surface area contributed by atoms with Crippen molar-refractivity contribution in [3.8, 4) is 11.5 Å². The Morgan fingerprint density at radius 3 is 2.62 bits per heavy atom. The molecular weight excluding hydrogens is 396 g/mol. The maximum Gasteiger partial charge on any atom is 0.277 e. The molecule has 5 nitrogen and oxygen atoms in total. The highest BCUT2D eigenvalue weighted by atomic mass is 79.9. The fourth-order valence-corrected chi connectivity index (χ4v) is 2.81. The van der Waals surface area contributed by atoms with Crippen molar-refractivity contribution in [2.45, 2.75) is 26.2 Å². The number of benzene rings is 2. The van der Waals surface area contributed by atoms with Gasteiger partial charge in [-0.2, -0.15) is 5.10 Å². The van der Waals surface area contributed by atoms with Crippen molar-refractivity contribution in [1.82, 2.24) is 5.43 Å². The number of nitrogens with zero attached hydrogens (tertiary/aromatic N) is 1. The van der Waals surface area contributed by atoms with Gasteiger partial charge in [0, 0.05) is 0 Å². The first kappa shape index (κ1) is 20.0. The number of nitrogens with one attached hydrogen (secondary N) is 1. The quantitative estimate of drug-likeness (QED) is 0.506. The van der Waals surface area contributed by atoms with Crippen LogP contribution in [0.15, 0.2) is 52.0 Å². The second-order valence-electron chi connectivity index (χ2n) is 5.85. The summed E-state index contributed by atoms with van der Waals surface area (Å²) in [6, 6.07) is 13.3. The van der Waals surface area contributed by atoms with Crippen LogP contribution in [0.3, 0.4) is 0 Å². The molecule has 0 saturated heterocycles. The van der Waals surface area contributed by atoms with Crippen molar-refractivity contribution in [3.05, 3.63) is 58.1 Å². The van der Waals surface area contributed by atoms with E-state index in [1.165, 1.54) is 5.56 Å². The zero-order chi connectivity index (χ0) is 18.9. The third kappa shape index (κ3) is 5.88. The first-order chi connectivity index (χ1) is 12.5. The molecule has 0 heterocycles. The molecule has 0 saturated carbocycles. The van der Waals surface area contributed by atoms with E-state index in [0.717, 1.165) is 22.2 Å². The number of ether oxygens (including phenoxy) is 2. The highest BCUT2D eigenvalue weighted by Crippen LogP contribution is 2.24. The summed E-state index contributed by atoms with van der Waals surface area (Å²) in [5.41, 5.74) is 4.54. The van der Waals surface area contributed by atoms with Crippen LogP contribution in [-0.4, -0.2) is 25.8 Å². The Balaban J connectivity index is 1.80. The summed E-state index contributed by atoms with van der Waals surface area (Å²) in [6.45, 7) is 4.25. The Labute approximate surface area is 162 Å². The molecule has 0 fully saturated rings. The highest BCUT2D eigenvalue weighted by molar-refractivity contribution is 9.10. The zero-order valence-electron chi connectivity index (χ0n) is 15.2. The van der Waals surface area contributed by atoms with Crippen LogP contribution in [0.2, 0.25) is 0 Å². The molecule has 138 valence electrons. The Bertz CT molecular complexity index is 760. The minimum Gasteiger partial charge on any atom is -0.496 e. The van der Waals surface area contributed by atoms with Crippen molar-refractivity contribution in [3.63, 3.8) is 0 Å². The molecule has 6 heteroatoms. The van der Waals surface area contributed by atoms with Gasteiger partial charge >= 0.3 is 0 Å². The first-order valence-corrected chi connectivity index (χ1v) is 9.21. The van der Waals surface area contributed by atoms with Crippen LogP contribution in [0.1, 0.15) is 37.3 Å². The van der Waals surface area contributed by atoms with Crippen LogP contribution in [0.4, 0.5) is 0 Å². The number of hydrogen-bond donors (Lipinski definition) is 1. The Hall–Kier alpha value is -2.34. The van der Waals surface area contributed by atoms with Gasteiger partial charge in [-0.1, -0.05) is 26.0 Å². The van der Waals surface area contributed by atoms with Crippen molar-refractivity contribution < 1.29 is 14.3 Å². The topological polar surface area (TPSA) is 59.9 Å². The lowest BCUT2D eigenvalue weighted by atomic mass is 9.99. The SMILES string of the molecule is CC[C@H](C)c1ccc(OCC(=O)N/N=C\c2ccc(OC)c(Br)c2)cc1. The van der Waals surface area contributed by atoms with Gasteiger partial charge in [0.05, 0.1) is 17.8 Å². The summed E-state index contributed by atoms with van der Waals surface area (Å²) in [5.74, 6) is 1.59. The predicted molar refractivity (Wildman–Crippen MR) is 107 cm³/mol. The molecular formula is C20H23BrN2O3. The van der Waals surface area contributed by atoms with E-state index >= 15 is 0 Å². The summed E-state index contributed by atoms with van der Waals surface area (Å²) >= 11 is 3.40. The Morgan fingerprint density at radius 1 is 1.27 bits per heavy atom. The number of hydrazone groups is 1. The zero-order valence-corrected chi connectivity index (χ0v) is 16.7. The third-order valence-electron chi connectivity index (χ3n) is 4.01. The molecule has 0 aromatic heterocycles. The molecule has 2 aromatic rings. The van der Waals surface area contributed by atoms with Gasteiger partial charge in [-0.25, -0.2) is 5.43 Å². The van der Waals surface area contributed by atoms with Gasteiger partial charge in [0.2, 0.25) is 0 Å². The van der Waals surface area contributed by atoms with E-state index in [4.69, 9.17) is 9.47 Å². The average molecular weight is 419 g/mol. The van der Waals surface area contributed by atoms with Gasteiger partial charge in [-0.3, -0.25) is 4.79 Å². The lowest BCUT2D eigenvalue weighted by Crippen LogP contribution is -2.24. The van der Waals surface area contributed by atoms with Gasteiger partial charge in [0.25, 0.3) is 5.91 Å². The van der Waals surface area contributed by atoms with E-state index in [-0.39, 0.29) is 12.5 Å². The molecule has 1 amide bonds. The number of amides is 1. The minimum absolute atomic E-state index is 0.0909. The number of carbonyl (C=O) groups excluding carboxylic acids is 1. The molecule has 0 bridgehead atoms. The van der Waals surface area contributed by atoms with Crippen molar-refractivity contribution in [2.75, 3.05) is 13.7 Å². The van der Waals surface area contributed by atoms with Gasteiger partial charge in [-0.15, -0.1) is 0 Å². The fraction of sp³-hybridized carbons (Fsp3) is 0.300. The van der Waals surface area contributed by atoms with Crippen molar-refractivity contribution >= 4 is 28.1 Å². The van der Waals surface area contributed by atoms with Gasteiger partial charge < -0.3 is 9.47 Å². The van der Waals surface area contributed by atoms with Crippen LogP contribution < -0.4 is 14.9 Å². The summed E-state index contributed by atoms with van der Waals surface area (Å²) in [4.78, 5) is 11.8. The molecule has 0 aliphatic rings. The molecule has 1 N–H and O–H groups in total. The second kappa shape index (κ2) is 9.97. The molecule has 2 aromatic carbocycles. The second-order valence-corrected chi connectivity index (χ2v) is 6.71. The first-order valence-electron chi connectivity index (χ1n) is 8.41.